The summed E-state index contributed by atoms with van der Waals surface area (Å²) in [7, 11) is 1.85. The van der Waals surface area contributed by atoms with E-state index < -0.39 is 0 Å². The van der Waals surface area contributed by atoms with Crippen LogP contribution in [0.1, 0.15) is 77.1 Å². The molecule has 1 atom stereocenters. The van der Waals surface area contributed by atoms with E-state index in [1.807, 2.05) is 18.0 Å². The highest BCUT2D eigenvalue weighted by Crippen LogP contribution is 2.28. The van der Waals surface area contributed by atoms with Crippen molar-refractivity contribution in [3.63, 3.8) is 0 Å². The number of carbonyl (C=O) groups is 2. The molecule has 0 bridgehead atoms. The van der Waals surface area contributed by atoms with Crippen molar-refractivity contribution in [2.75, 3.05) is 20.1 Å². The maximum atomic E-state index is 13.0. The van der Waals surface area contributed by atoms with Gasteiger partial charge in [-0.1, -0.05) is 40.0 Å². The lowest BCUT2D eigenvalue weighted by Gasteiger charge is -2.36. The fourth-order valence-corrected chi connectivity index (χ4v) is 4.45. The molecule has 0 radical (unpaired) electrons. The second-order valence-electron chi connectivity index (χ2n) is 9.76. The Morgan fingerprint density at radius 1 is 1.25 bits per heavy atom. The van der Waals surface area contributed by atoms with Crippen molar-refractivity contribution in [2.24, 2.45) is 11.8 Å². The van der Waals surface area contributed by atoms with Crippen LogP contribution >= 0.6 is 0 Å². The molecule has 28 heavy (non-hydrogen) atoms. The molecular formula is C22H36N4O2. The monoisotopic (exact) mass is 388 g/mol. The van der Waals surface area contributed by atoms with Crippen LogP contribution in [-0.2, 0) is 21.5 Å². The predicted molar refractivity (Wildman–Crippen MR) is 110 cm³/mol. The Balaban J connectivity index is 1.56. The van der Waals surface area contributed by atoms with Gasteiger partial charge in [0.1, 0.15) is 0 Å². The van der Waals surface area contributed by atoms with Crippen LogP contribution in [0.5, 0.6) is 0 Å². The summed E-state index contributed by atoms with van der Waals surface area (Å²) in [6, 6.07) is 2.05. The summed E-state index contributed by atoms with van der Waals surface area (Å²) in [5.41, 5.74) is 1.94. The van der Waals surface area contributed by atoms with Crippen molar-refractivity contribution in [1.29, 1.82) is 0 Å². The zero-order valence-electron chi connectivity index (χ0n) is 18.0. The summed E-state index contributed by atoms with van der Waals surface area (Å²) >= 11 is 0. The first-order chi connectivity index (χ1) is 13.2. The first-order valence-corrected chi connectivity index (χ1v) is 10.8. The third-order valence-electron chi connectivity index (χ3n) is 6.24. The molecule has 0 spiro atoms. The third kappa shape index (κ3) is 5.15. The number of aromatic nitrogens is 2. The van der Waals surface area contributed by atoms with Gasteiger partial charge >= 0.3 is 0 Å². The predicted octanol–water partition coefficient (Wildman–Crippen LogP) is 3.48. The summed E-state index contributed by atoms with van der Waals surface area (Å²) in [6.45, 7) is 8.32. The summed E-state index contributed by atoms with van der Waals surface area (Å²) in [5.74, 6) is 0.884. The molecule has 2 heterocycles. The van der Waals surface area contributed by atoms with Crippen molar-refractivity contribution in [2.45, 2.75) is 77.7 Å². The molecule has 1 N–H and O–H groups in total. The molecule has 1 aliphatic carbocycles. The van der Waals surface area contributed by atoms with E-state index in [4.69, 9.17) is 0 Å². The van der Waals surface area contributed by atoms with E-state index in [1.54, 1.807) is 4.90 Å². The molecule has 1 aliphatic heterocycles. The molecular weight excluding hydrogens is 352 g/mol. The van der Waals surface area contributed by atoms with E-state index in [0.717, 1.165) is 17.9 Å². The van der Waals surface area contributed by atoms with Gasteiger partial charge in [0, 0.05) is 32.0 Å². The van der Waals surface area contributed by atoms with Gasteiger partial charge in [0.25, 0.3) is 0 Å². The van der Waals surface area contributed by atoms with Crippen molar-refractivity contribution in [1.82, 2.24) is 20.0 Å². The van der Waals surface area contributed by atoms with Crippen molar-refractivity contribution < 1.29 is 9.59 Å². The molecule has 1 saturated heterocycles. The highest BCUT2D eigenvalue weighted by molar-refractivity contribution is 5.83. The van der Waals surface area contributed by atoms with Gasteiger partial charge in [0.15, 0.2) is 0 Å². The minimum Gasteiger partial charge on any atom is -0.342 e. The number of carbonyl (C=O) groups excluding carboxylic acids is 2. The van der Waals surface area contributed by atoms with Crippen LogP contribution in [0.2, 0.25) is 0 Å². The zero-order chi connectivity index (χ0) is 20.3. The Kier molecular flexibility index (Phi) is 6.46. The fourth-order valence-electron chi connectivity index (χ4n) is 4.45. The Hall–Kier alpha value is -1.85. The highest BCUT2D eigenvalue weighted by Gasteiger charge is 2.33. The normalized spacial score (nSPS) is 21.8. The Morgan fingerprint density at radius 2 is 1.96 bits per heavy atom. The van der Waals surface area contributed by atoms with Gasteiger partial charge in [0.05, 0.1) is 23.9 Å². The molecule has 6 heteroatoms. The number of likely N-dealkylation sites (tertiary alicyclic amines) is 1. The smallest absolute Gasteiger partial charge is 0.227 e. The van der Waals surface area contributed by atoms with Crippen LogP contribution in [0, 0.1) is 11.8 Å². The summed E-state index contributed by atoms with van der Waals surface area (Å²) in [5, 5.41) is 7.45. The summed E-state index contributed by atoms with van der Waals surface area (Å²) < 4.78 is 0. The highest BCUT2D eigenvalue weighted by atomic mass is 16.2. The maximum Gasteiger partial charge on any atom is 0.227 e. The Labute approximate surface area is 169 Å². The average Bonchev–Trinajstić information content (AvgIpc) is 3.13. The second-order valence-corrected chi connectivity index (χ2v) is 9.76. The lowest BCUT2D eigenvalue weighted by atomic mass is 9.87. The number of hydrogen-bond acceptors (Lipinski definition) is 3. The number of H-pyrrole nitrogens is 1. The average molecular weight is 389 g/mol. The lowest BCUT2D eigenvalue weighted by Crippen LogP contribution is -2.47. The van der Waals surface area contributed by atoms with Crippen LogP contribution in [0.25, 0.3) is 0 Å². The van der Waals surface area contributed by atoms with Gasteiger partial charge in [0.2, 0.25) is 11.8 Å². The maximum absolute atomic E-state index is 13.0. The molecule has 1 saturated carbocycles. The first-order valence-electron chi connectivity index (χ1n) is 10.8. The number of nitrogens with zero attached hydrogens (tertiary/aromatic N) is 3. The molecule has 2 aliphatic rings. The minimum absolute atomic E-state index is 0.0132. The van der Waals surface area contributed by atoms with Gasteiger partial charge in [-0.2, -0.15) is 5.10 Å². The van der Waals surface area contributed by atoms with Crippen molar-refractivity contribution in [3.05, 3.63) is 17.5 Å². The topological polar surface area (TPSA) is 69.3 Å². The molecule has 3 rings (SSSR count). The lowest BCUT2D eigenvalue weighted by molar-refractivity contribution is -0.143. The first kappa shape index (κ1) is 20.9. The number of aromatic amines is 1. The van der Waals surface area contributed by atoms with Crippen LogP contribution < -0.4 is 0 Å². The van der Waals surface area contributed by atoms with Crippen LogP contribution in [0.3, 0.4) is 0 Å². The molecule has 6 nitrogen and oxygen atoms in total. The van der Waals surface area contributed by atoms with E-state index in [0.29, 0.717) is 31.8 Å². The Bertz CT molecular complexity index is 685. The van der Waals surface area contributed by atoms with E-state index in [9.17, 15) is 9.59 Å². The van der Waals surface area contributed by atoms with Gasteiger partial charge in [-0.15, -0.1) is 0 Å². The minimum atomic E-state index is -0.0868. The van der Waals surface area contributed by atoms with Gasteiger partial charge in [-0.05, 0) is 31.2 Å². The summed E-state index contributed by atoms with van der Waals surface area (Å²) in [4.78, 5) is 29.1. The van der Waals surface area contributed by atoms with Gasteiger partial charge in [-0.3, -0.25) is 14.7 Å². The molecule has 2 fully saturated rings. The van der Waals surface area contributed by atoms with E-state index in [-0.39, 0.29) is 23.1 Å². The van der Waals surface area contributed by atoms with Crippen LogP contribution in [0.15, 0.2) is 6.07 Å². The number of rotatable bonds is 5. The molecule has 2 amide bonds. The van der Waals surface area contributed by atoms with Gasteiger partial charge in [-0.25, -0.2) is 0 Å². The van der Waals surface area contributed by atoms with Crippen molar-refractivity contribution >= 4 is 11.8 Å². The molecule has 1 aromatic heterocycles. The zero-order valence-corrected chi connectivity index (χ0v) is 18.0. The number of hydrogen-bond donors (Lipinski definition) is 1. The largest absolute Gasteiger partial charge is 0.342 e. The van der Waals surface area contributed by atoms with E-state index in [2.05, 4.69) is 31.0 Å². The Morgan fingerprint density at radius 3 is 2.61 bits per heavy atom. The standard InChI is InChI=1S/C22H36N4O2/c1-22(2,3)19-12-18(23-24-19)15-25(4)21(28)17-10-11-20(27)26(14-17)13-16-8-6-5-7-9-16/h12,16-17H,5-11,13-15H2,1-4H3,(H,23,24)/t17-/m1/s1. The van der Waals surface area contributed by atoms with Crippen LogP contribution in [0.4, 0.5) is 0 Å². The quantitative estimate of drug-likeness (QED) is 0.839. The number of nitrogens with one attached hydrogen (secondary N) is 1. The molecule has 1 aromatic rings. The number of piperidine rings is 1. The third-order valence-corrected chi connectivity index (χ3v) is 6.24. The molecule has 0 aromatic carbocycles. The SMILES string of the molecule is CN(Cc1cc(C(C)(C)C)n[nH]1)C(=O)[C@@H]1CCC(=O)N(CC2CCCCC2)C1. The van der Waals surface area contributed by atoms with Crippen molar-refractivity contribution in [3.8, 4) is 0 Å². The second kappa shape index (κ2) is 8.66. The van der Waals surface area contributed by atoms with Crippen LogP contribution in [-0.4, -0.2) is 51.9 Å². The van der Waals surface area contributed by atoms with E-state index in [1.165, 1.54) is 32.1 Å². The van der Waals surface area contributed by atoms with E-state index >= 15 is 0 Å². The molecule has 156 valence electrons. The number of amides is 2. The summed E-state index contributed by atoms with van der Waals surface area (Å²) in [6.07, 6.45) is 7.48. The van der Waals surface area contributed by atoms with Gasteiger partial charge < -0.3 is 9.80 Å². The molecule has 0 unspecified atom stereocenters. The fraction of sp³-hybridized carbons (Fsp3) is 0.773.